The quantitative estimate of drug-likeness (QED) is 0.475. The first-order valence-corrected chi connectivity index (χ1v) is 10.1. The largest absolute Gasteiger partial charge is 0.444 e. The Morgan fingerprint density at radius 1 is 1.06 bits per heavy atom. The van der Waals surface area contributed by atoms with E-state index < -0.39 is 41.6 Å². The topological polar surface area (TPSA) is 134 Å². The van der Waals surface area contributed by atoms with E-state index in [1.165, 1.54) is 11.9 Å². The van der Waals surface area contributed by atoms with Crippen molar-refractivity contribution < 1.29 is 33.5 Å². The minimum absolute atomic E-state index is 0.0258. The van der Waals surface area contributed by atoms with Crippen molar-refractivity contribution in [2.24, 2.45) is 0 Å². The third-order valence-electron chi connectivity index (χ3n) is 4.29. The molecule has 1 heterocycles. The Hall–Kier alpha value is -3.63. The molecule has 1 aromatic carbocycles. The van der Waals surface area contributed by atoms with Crippen molar-refractivity contribution in [3.05, 3.63) is 35.9 Å². The van der Waals surface area contributed by atoms with Gasteiger partial charge in [-0.3, -0.25) is 14.4 Å². The Bertz CT molecular complexity index is 851. The van der Waals surface area contributed by atoms with Crippen molar-refractivity contribution >= 4 is 29.9 Å². The Kier molecular flexibility index (Phi) is 8.16. The van der Waals surface area contributed by atoms with Crippen LogP contribution in [0.2, 0.25) is 0 Å². The molecular formula is C21H28N4O7. The highest BCUT2D eigenvalue weighted by Gasteiger charge is 2.33. The maximum atomic E-state index is 13.0. The van der Waals surface area contributed by atoms with E-state index in [1.54, 1.807) is 20.8 Å². The summed E-state index contributed by atoms with van der Waals surface area (Å²) in [5.74, 6) is -1.72. The van der Waals surface area contributed by atoms with E-state index in [1.807, 2.05) is 30.3 Å². The average molecular weight is 448 g/mol. The smallest absolute Gasteiger partial charge is 0.433 e. The highest BCUT2D eigenvalue weighted by Crippen LogP contribution is 2.12. The van der Waals surface area contributed by atoms with Gasteiger partial charge in [0.15, 0.2) is 0 Å². The van der Waals surface area contributed by atoms with E-state index in [0.29, 0.717) is 5.06 Å². The molecule has 1 atom stereocenters. The monoisotopic (exact) mass is 448 g/mol. The maximum Gasteiger partial charge on any atom is 0.433 e. The lowest BCUT2D eigenvalue weighted by molar-refractivity contribution is -0.171. The zero-order chi connectivity index (χ0) is 23.9. The standard InChI is InChI=1S/C21H28N4O7/c1-21(2,3)31-20(30)23-15(12-14-8-6-5-7-9-14)18(28)24(4)13-22-19(29)32-25-16(26)10-11-17(25)27/h5-9,15H,10-13H2,1-4H3,(H,22,29)(H,23,30)/t15-/m1/s1. The molecule has 0 aliphatic carbocycles. The van der Waals surface area contributed by atoms with Gasteiger partial charge >= 0.3 is 12.2 Å². The molecule has 1 fully saturated rings. The number of benzene rings is 1. The van der Waals surface area contributed by atoms with Crippen LogP contribution in [0.15, 0.2) is 30.3 Å². The van der Waals surface area contributed by atoms with Crippen molar-refractivity contribution in [3.8, 4) is 0 Å². The van der Waals surface area contributed by atoms with E-state index in [0.717, 1.165) is 5.56 Å². The molecule has 2 rings (SSSR count). The van der Waals surface area contributed by atoms with Crippen LogP contribution in [-0.2, 0) is 30.4 Å². The fourth-order valence-electron chi connectivity index (χ4n) is 2.80. The third kappa shape index (κ3) is 7.56. The number of carbonyl (C=O) groups is 5. The van der Waals surface area contributed by atoms with Crippen LogP contribution in [0, 0.1) is 0 Å². The van der Waals surface area contributed by atoms with Crippen molar-refractivity contribution in [3.63, 3.8) is 0 Å². The van der Waals surface area contributed by atoms with E-state index in [-0.39, 0.29) is 25.9 Å². The second-order valence-electron chi connectivity index (χ2n) is 8.22. The van der Waals surface area contributed by atoms with Crippen LogP contribution >= 0.6 is 0 Å². The lowest BCUT2D eigenvalue weighted by Crippen LogP contribution is -2.52. The SMILES string of the molecule is CN(CNC(=O)ON1C(=O)CCC1=O)C(=O)[C@@H](Cc1ccccc1)NC(=O)OC(C)(C)C. The van der Waals surface area contributed by atoms with Crippen molar-refractivity contribution in [2.45, 2.75) is 51.7 Å². The van der Waals surface area contributed by atoms with Crippen LogP contribution < -0.4 is 10.6 Å². The number of likely N-dealkylation sites (N-methyl/N-ethyl adjacent to an activating group) is 1. The number of nitrogens with zero attached hydrogens (tertiary/aromatic N) is 2. The number of hydrogen-bond donors (Lipinski definition) is 2. The fourth-order valence-corrected chi connectivity index (χ4v) is 2.80. The van der Waals surface area contributed by atoms with Gasteiger partial charge in [0.2, 0.25) is 5.91 Å². The molecule has 1 aromatic rings. The highest BCUT2D eigenvalue weighted by molar-refractivity contribution is 6.01. The lowest BCUT2D eigenvalue weighted by Gasteiger charge is -2.26. The second-order valence-corrected chi connectivity index (χ2v) is 8.22. The van der Waals surface area contributed by atoms with Crippen LogP contribution in [0.3, 0.4) is 0 Å². The third-order valence-corrected chi connectivity index (χ3v) is 4.29. The number of hydroxylamine groups is 2. The summed E-state index contributed by atoms with van der Waals surface area (Å²) >= 11 is 0. The minimum atomic E-state index is -1.06. The van der Waals surface area contributed by atoms with Crippen LogP contribution in [-0.4, -0.2) is 65.2 Å². The average Bonchev–Trinajstić information content (AvgIpc) is 3.02. The Balaban J connectivity index is 1.98. The van der Waals surface area contributed by atoms with Crippen molar-refractivity contribution in [1.82, 2.24) is 20.6 Å². The summed E-state index contributed by atoms with van der Waals surface area (Å²) in [6.45, 7) is 4.84. The first kappa shape index (κ1) is 24.6. The molecule has 5 amide bonds. The number of rotatable bonds is 7. The zero-order valence-corrected chi connectivity index (χ0v) is 18.5. The van der Waals surface area contributed by atoms with Crippen LogP contribution in [0.1, 0.15) is 39.2 Å². The van der Waals surface area contributed by atoms with Gasteiger partial charge in [-0.05, 0) is 26.3 Å². The molecule has 1 aliphatic heterocycles. The van der Waals surface area contributed by atoms with Gasteiger partial charge in [0.25, 0.3) is 11.8 Å². The lowest BCUT2D eigenvalue weighted by atomic mass is 10.1. The molecule has 11 nitrogen and oxygen atoms in total. The summed E-state index contributed by atoms with van der Waals surface area (Å²) in [4.78, 5) is 66.0. The Labute approximate surface area is 186 Å². The molecular weight excluding hydrogens is 420 g/mol. The second kappa shape index (κ2) is 10.6. The van der Waals surface area contributed by atoms with Gasteiger partial charge in [-0.25, -0.2) is 9.59 Å². The first-order valence-electron chi connectivity index (χ1n) is 10.1. The molecule has 0 aromatic heterocycles. The van der Waals surface area contributed by atoms with Gasteiger partial charge in [0, 0.05) is 26.3 Å². The summed E-state index contributed by atoms with van der Waals surface area (Å²) < 4.78 is 5.25. The van der Waals surface area contributed by atoms with Crippen molar-refractivity contribution in [1.29, 1.82) is 0 Å². The number of alkyl carbamates (subject to hydrolysis) is 1. The molecule has 0 bridgehead atoms. The molecule has 0 radical (unpaired) electrons. The van der Waals surface area contributed by atoms with E-state index >= 15 is 0 Å². The zero-order valence-electron chi connectivity index (χ0n) is 18.5. The van der Waals surface area contributed by atoms with E-state index in [9.17, 15) is 24.0 Å². The van der Waals surface area contributed by atoms with Gasteiger partial charge in [0.05, 0.1) is 6.67 Å². The number of hydrogen-bond acceptors (Lipinski definition) is 7. The van der Waals surface area contributed by atoms with Gasteiger partial charge in [-0.2, -0.15) is 0 Å². The van der Waals surface area contributed by atoms with Crippen LogP contribution in [0.4, 0.5) is 9.59 Å². The number of ether oxygens (including phenoxy) is 1. The molecule has 174 valence electrons. The first-order chi connectivity index (χ1) is 15.0. The molecule has 0 spiro atoms. The van der Waals surface area contributed by atoms with Gasteiger partial charge in [0.1, 0.15) is 11.6 Å². The summed E-state index contributed by atoms with van der Waals surface area (Å²) in [6, 6.07) is 8.13. The number of carbonyl (C=O) groups excluding carboxylic acids is 5. The molecule has 1 aliphatic rings. The summed E-state index contributed by atoms with van der Waals surface area (Å²) in [5, 5.41) is 5.26. The predicted octanol–water partition coefficient (Wildman–Crippen LogP) is 1.33. The number of amides is 5. The van der Waals surface area contributed by atoms with Crippen molar-refractivity contribution in [2.75, 3.05) is 13.7 Å². The summed E-state index contributed by atoms with van der Waals surface area (Å²) in [6.07, 6.45) is -1.67. The van der Waals surface area contributed by atoms with Gasteiger partial charge in [-0.1, -0.05) is 30.3 Å². The van der Waals surface area contributed by atoms with Crippen LogP contribution in [0.25, 0.3) is 0 Å². The predicted molar refractivity (Wildman–Crippen MR) is 112 cm³/mol. The normalized spacial score (nSPS) is 14.6. The molecule has 0 saturated carbocycles. The number of imide groups is 1. The summed E-state index contributed by atoms with van der Waals surface area (Å²) in [5.41, 5.74) is 0.0697. The highest BCUT2D eigenvalue weighted by atomic mass is 16.7. The summed E-state index contributed by atoms with van der Waals surface area (Å²) in [7, 11) is 1.42. The number of nitrogens with one attached hydrogen (secondary N) is 2. The Morgan fingerprint density at radius 2 is 1.66 bits per heavy atom. The fraction of sp³-hybridized carbons (Fsp3) is 0.476. The minimum Gasteiger partial charge on any atom is -0.444 e. The van der Waals surface area contributed by atoms with E-state index in [2.05, 4.69) is 10.6 Å². The van der Waals surface area contributed by atoms with Gasteiger partial charge < -0.3 is 25.1 Å². The van der Waals surface area contributed by atoms with Gasteiger partial charge in [-0.15, -0.1) is 5.06 Å². The molecule has 2 N–H and O–H groups in total. The Morgan fingerprint density at radius 3 is 2.22 bits per heavy atom. The molecule has 1 saturated heterocycles. The van der Waals surface area contributed by atoms with Crippen LogP contribution in [0.5, 0.6) is 0 Å². The molecule has 0 unspecified atom stereocenters. The molecule has 11 heteroatoms. The van der Waals surface area contributed by atoms with E-state index in [4.69, 9.17) is 9.57 Å². The molecule has 32 heavy (non-hydrogen) atoms. The maximum absolute atomic E-state index is 13.0.